The lowest BCUT2D eigenvalue weighted by atomic mass is 9.97. The van der Waals surface area contributed by atoms with Gasteiger partial charge in [-0.15, -0.1) is 0 Å². The normalized spacial score (nSPS) is 16.8. The fraction of sp³-hybridized carbons (Fsp3) is 0.278. The number of halogens is 2. The van der Waals surface area contributed by atoms with Gasteiger partial charge in [-0.3, -0.25) is 4.79 Å². The lowest BCUT2D eigenvalue weighted by Crippen LogP contribution is -2.41. The van der Waals surface area contributed by atoms with Crippen molar-refractivity contribution in [3.05, 3.63) is 53.5 Å². The largest absolute Gasteiger partial charge is 0.356 e. The number of benzene rings is 1. The maximum absolute atomic E-state index is 14.0. The maximum atomic E-state index is 14.0. The molecule has 8 nitrogen and oxygen atoms in total. The molecule has 10 heteroatoms. The molecule has 1 amide bonds. The fourth-order valence-electron chi connectivity index (χ4n) is 3.19. The molecule has 0 spiro atoms. The zero-order chi connectivity index (χ0) is 19.5. The van der Waals surface area contributed by atoms with Crippen molar-refractivity contribution in [2.45, 2.75) is 12.8 Å². The standard InChI is InChI=1S/C18H17BrFN7O/c19-13-3-4-15(14(20)6-13)25-18(28)12-2-1-5-26(8-12)16-7-17(23-10-22-16)27-11-21-9-24-27/h3-4,6-7,9-12H,1-2,5,8H2,(H,25,28)/t12-/m1/s1. The molecule has 1 fully saturated rings. The summed E-state index contributed by atoms with van der Waals surface area (Å²) in [6, 6.07) is 6.38. The van der Waals surface area contributed by atoms with E-state index in [0.29, 0.717) is 22.7 Å². The first-order chi connectivity index (χ1) is 13.6. The molecule has 1 N–H and O–H groups in total. The highest BCUT2D eigenvalue weighted by Crippen LogP contribution is 2.25. The molecular formula is C18H17BrFN7O. The minimum Gasteiger partial charge on any atom is -0.356 e. The Morgan fingerprint density at radius 3 is 2.86 bits per heavy atom. The van der Waals surface area contributed by atoms with E-state index < -0.39 is 5.82 Å². The third-order valence-electron chi connectivity index (χ3n) is 4.60. The third-order valence-corrected chi connectivity index (χ3v) is 5.09. The number of amides is 1. The van der Waals surface area contributed by atoms with Crippen LogP contribution in [-0.2, 0) is 4.79 Å². The third kappa shape index (κ3) is 4.01. The van der Waals surface area contributed by atoms with Crippen LogP contribution in [-0.4, -0.2) is 43.7 Å². The quantitative estimate of drug-likeness (QED) is 0.663. The lowest BCUT2D eigenvalue weighted by molar-refractivity contribution is -0.120. The molecule has 1 atom stereocenters. The number of hydrogen-bond donors (Lipinski definition) is 1. The van der Waals surface area contributed by atoms with E-state index in [0.717, 1.165) is 19.4 Å². The predicted octanol–water partition coefficient (Wildman–Crippen LogP) is 2.81. The number of nitrogens with one attached hydrogen (secondary N) is 1. The molecule has 1 aromatic carbocycles. The van der Waals surface area contributed by atoms with Crippen LogP contribution >= 0.6 is 15.9 Å². The van der Waals surface area contributed by atoms with Crippen LogP contribution in [0.1, 0.15) is 12.8 Å². The lowest BCUT2D eigenvalue weighted by Gasteiger charge is -2.32. The summed E-state index contributed by atoms with van der Waals surface area (Å²) < 4.78 is 16.2. The second kappa shape index (κ2) is 8.01. The zero-order valence-corrected chi connectivity index (χ0v) is 16.4. The maximum Gasteiger partial charge on any atom is 0.229 e. The first-order valence-corrected chi connectivity index (χ1v) is 9.57. The van der Waals surface area contributed by atoms with E-state index in [4.69, 9.17) is 0 Å². The fourth-order valence-corrected chi connectivity index (χ4v) is 3.52. The molecule has 3 heterocycles. The summed E-state index contributed by atoms with van der Waals surface area (Å²) in [6.07, 6.45) is 6.04. The van der Waals surface area contributed by atoms with Crippen LogP contribution in [0, 0.1) is 11.7 Å². The summed E-state index contributed by atoms with van der Waals surface area (Å²) in [4.78, 5) is 27.2. The molecule has 0 unspecified atom stereocenters. The van der Waals surface area contributed by atoms with Gasteiger partial charge >= 0.3 is 0 Å². The second-order valence-electron chi connectivity index (χ2n) is 6.47. The van der Waals surface area contributed by atoms with Crippen molar-refractivity contribution in [2.75, 3.05) is 23.3 Å². The van der Waals surface area contributed by atoms with Gasteiger partial charge in [0, 0.05) is 23.6 Å². The van der Waals surface area contributed by atoms with Crippen molar-refractivity contribution in [2.24, 2.45) is 5.92 Å². The Bertz CT molecular complexity index is 982. The van der Waals surface area contributed by atoms with Gasteiger partial charge in [0.1, 0.15) is 30.6 Å². The summed E-state index contributed by atoms with van der Waals surface area (Å²) in [5.41, 5.74) is 0.181. The van der Waals surface area contributed by atoms with Crippen molar-refractivity contribution >= 4 is 33.3 Å². The number of rotatable bonds is 4. The number of hydrogen-bond acceptors (Lipinski definition) is 6. The Morgan fingerprint density at radius 1 is 1.21 bits per heavy atom. The van der Waals surface area contributed by atoms with Crippen molar-refractivity contribution < 1.29 is 9.18 Å². The SMILES string of the molecule is O=C(Nc1ccc(Br)cc1F)[C@@H]1CCCN(c2cc(-n3cncn3)ncn2)C1. The molecule has 0 saturated carbocycles. The Labute approximate surface area is 168 Å². The van der Waals surface area contributed by atoms with Crippen LogP contribution in [0.25, 0.3) is 5.82 Å². The van der Waals surface area contributed by atoms with Crippen molar-refractivity contribution in [1.82, 2.24) is 24.7 Å². The monoisotopic (exact) mass is 445 g/mol. The number of nitrogens with zero attached hydrogens (tertiary/aromatic N) is 6. The van der Waals surface area contributed by atoms with Crippen LogP contribution < -0.4 is 10.2 Å². The summed E-state index contributed by atoms with van der Waals surface area (Å²) >= 11 is 3.21. The molecule has 1 aliphatic heterocycles. The van der Waals surface area contributed by atoms with Crippen molar-refractivity contribution in [3.63, 3.8) is 0 Å². The number of carbonyl (C=O) groups excluding carboxylic acids is 1. The highest BCUT2D eigenvalue weighted by atomic mass is 79.9. The smallest absolute Gasteiger partial charge is 0.229 e. The molecule has 1 aliphatic rings. The summed E-state index contributed by atoms with van der Waals surface area (Å²) in [5.74, 6) is 0.389. The van der Waals surface area contributed by atoms with Gasteiger partial charge in [0.15, 0.2) is 5.82 Å². The van der Waals surface area contributed by atoms with E-state index in [2.05, 4.69) is 41.3 Å². The Morgan fingerprint density at radius 2 is 2.07 bits per heavy atom. The summed E-state index contributed by atoms with van der Waals surface area (Å²) in [6.45, 7) is 1.28. The zero-order valence-electron chi connectivity index (χ0n) is 14.8. The number of aromatic nitrogens is 5. The summed E-state index contributed by atoms with van der Waals surface area (Å²) in [7, 11) is 0. The number of piperidine rings is 1. The minimum absolute atomic E-state index is 0.181. The average molecular weight is 446 g/mol. The molecular weight excluding hydrogens is 429 g/mol. The molecule has 0 radical (unpaired) electrons. The Balaban J connectivity index is 1.47. The van der Waals surface area contributed by atoms with Gasteiger partial charge in [0.25, 0.3) is 0 Å². The highest BCUT2D eigenvalue weighted by Gasteiger charge is 2.27. The van der Waals surface area contributed by atoms with Gasteiger partial charge in [-0.2, -0.15) is 5.10 Å². The number of anilines is 2. The van der Waals surface area contributed by atoms with E-state index >= 15 is 0 Å². The highest BCUT2D eigenvalue weighted by molar-refractivity contribution is 9.10. The first kappa shape index (κ1) is 18.5. The molecule has 4 rings (SSSR count). The average Bonchev–Trinajstić information content (AvgIpc) is 3.25. The van der Waals surface area contributed by atoms with Crippen LogP contribution in [0.5, 0.6) is 0 Å². The molecule has 3 aromatic rings. The molecule has 28 heavy (non-hydrogen) atoms. The topological polar surface area (TPSA) is 88.8 Å². The molecule has 144 valence electrons. The Hall–Kier alpha value is -2.88. The van der Waals surface area contributed by atoms with Crippen LogP contribution in [0.3, 0.4) is 0 Å². The van der Waals surface area contributed by atoms with E-state index in [9.17, 15) is 9.18 Å². The van der Waals surface area contributed by atoms with Crippen molar-refractivity contribution in [1.29, 1.82) is 0 Å². The van der Waals surface area contributed by atoms with E-state index in [1.807, 2.05) is 11.0 Å². The minimum atomic E-state index is -0.469. The Kier molecular flexibility index (Phi) is 5.29. The molecule has 1 saturated heterocycles. The van der Waals surface area contributed by atoms with E-state index in [1.165, 1.54) is 18.7 Å². The number of carbonyl (C=O) groups is 1. The van der Waals surface area contributed by atoms with Gasteiger partial charge in [0.05, 0.1) is 11.6 Å². The predicted molar refractivity (Wildman–Crippen MR) is 105 cm³/mol. The van der Waals surface area contributed by atoms with Crippen LogP contribution in [0.4, 0.5) is 15.9 Å². The van der Waals surface area contributed by atoms with Gasteiger partial charge in [-0.1, -0.05) is 15.9 Å². The first-order valence-electron chi connectivity index (χ1n) is 8.78. The van der Waals surface area contributed by atoms with E-state index in [1.54, 1.807) is 23.1 Å². The van der Waals surface area contributed by atoms with Crippen molar-refractivity contribution in [3.8, 4) is 5.82 Å². The van der Waals surface area contributed by atoms with Gasteiger partial charge in [-0.25, -0.2) is 24.0 Å². The molecule has 0 aliphatic carbocycles. The van der Waals surface area contributed by atoms with Gasteiger partial charge in [-0.05, 0) is 31.0 Å². The second-order valence-corrected chi connectivity index (χ2v) is 7.39. The van der Waals surface area contributed by atoms with Crippen LogP contribution in [0.2, 0.25) is 0 Å². The van der Waals surface area contributed by atoms with Gasteiger partial charge in [0.2, 0.25) is 5.91 Å². The van der Waals surface area contributed by atoms with Crippen LogP contribution in [0.15, 0.2) is 47.7 Å². The molecule has 0 bridgehead atoms. The van der Waals surface area contributed by atoms with E-state index in [-0.39, 0.29) is 17.5 Å². The molecule has 2 aromatic heterocycles. The summed E-state index contributed by atoms with van der Waals surface area (Å²) in [5, 5.41) is 6.77. The van der Waals surface area contributed by atoms with Gasteiger partial charge < -0.3 is 10.2 Å².